The Labute approximate surface area is 145 Å². The first kappa shape index (κ1) is 14.6. The molecule has 23 heavy (non-hydrogen) atoms. The van der Waals surface area contributed by atoms with Gasteiger partial charge in [-0.15, -0.1) is 22.7 Å². The van der Waals surface area contributed by atoms with Crippen molar-refractivity contribution < 1.29 is 0 Å². The fourth-order valence-corrected chi connectivity index (χ4v) is 4.67. The molecule has 1 N–H and O–H groups in total. The lowest BCUT2D eigenvalue weighted by Gasteiger charge is -2.07. The van der Waals surface area contributed by atoms with Crippen LogP contribution in [0.25, 0.3) is 20.7 Å². The van der Waals surface area contributed by atoms with Crippen LogP contribution in [0.15, 0.2) is 58.0 Å². The molecule has 6 heteroatoms. The van der Waals surface area contributed by atoms with Gasteiger partial charge >= 0.3 is 0 Å². The van der Waals surface area contributed by atoms with Crippen LogP contribution in [0.3, 0.4) is 0 Å². The number of aromatic nitrogens is 2. The number of nitrogens with one attached hydrogen (secondary N) is 1. The lowest BCUT2D eigenvalue weighted by Crippen LogP contribution is -2.22. The topological polar surface area (TPSA) is 37.8 Å². The minimum Gasteiger partial charge on any atom is -0.323 e. The van der Waals surface area contributed by atoms with Crippen LogP contribution in [0.2, 0.25) is 0 Å². The summed E-state index contributed by atoms with van der Waals surface area (Å²) in [6.07, 6.45) is 0. The maximum absolute atomic E-state index is 13.0. The van der Waals surface area contributed by atoms with Gasteiger partial charge in [-0.05, 0) is 29.2 Å². The van der Waals surface area contributed by atoms with E-state index in [1.807, 2.05) is 53.2 Å². The second kappa shape index (κ2) is 5.88. The minimum absolute atomic E-state index is 0.0303. The summed E-state index contributed by atoms with van der Waals surface area (Å²) >= 11 is 8.56. The molecule has 3 heterocycles. The zero-order valence-electron chi connectivity index (χ0n) is 12.0. The van der Waals surface area contributed by atoms with Gasteiger partial charge < -0.3 is 4.98 Å². The molecular formula is C17H12N2OS3. The van der Waals surface area contributed by atoms with Gasteiger partial charge in [0, 0.05) is 15.8 Å². The third-order valence-electron chi connectivity index (χ3n) is 3.69. The van der Waals surface area contributed by atoms with Gasteiger partial charge in [-0.2, -0.15) is 0 Å². The molecule has 4 aromatic rings. The molecule has 0 saturated carbocycles. The fourth-order valence-electron chi connectivity index (χ4n) is 2.58. The van der Waals surface area contributed by atoms with Crippen molar-refractivity contribution in [3.63, 3.8) is 0 Å². The van der Waals surface area contributed by atoms with E-state index in [4.69, 9.17) is 12.2 Å². The highest BCUT2D eigenvalue weighted by molar-refractivity contribution is 7.71. The minimum atomic E-state index is -0.0303. The SMILES string of the molecule is O=c1c2c(-c3cccs3)csc2[nH]c(=S)n1Cc1ccccc1. The summed E-state index contributed by atoms with van der Waals surface area (Å²) in [5, 5.41) is 4.77. The average Bonchev–Trinajstić information content (AvgIpc) is 3.21. The number of thiophene rings is 2. The highest BCUT2D eigenvalue weighted by Gasteiger charge is 2.14. The molecule has 0 radical (unpaired) electrons. The van der Waals surface area contributed by atoms with Crippen LogP contribution < -0.4 is 5.56 Å². The normalized spacial score (nSPS) is 11.1. The number of benzene rings is 1. The van der Waals surface area contributed by atoms with Crippen LogP contribution in [0, 0.1) is 4.77 Å². The van der Waals surface area contributed by atoms with Crippen molar-refractivity contribution in [3.05, 3.63) is 73.9 Å². The summed E-state index contributed by atoms with van der Waals surface area (Å²) in [6.45, 7) is 0.477. The van der Waals surface area contributed by atoms with E-state index in [1.165, 1.54) is 11.3 Å². The standard InChI is InChI=1S/C17H12N2OS3/c20-16-14-12(13-7-4-8-22-13)10-23-15(14)18-17(21)19(16)9-11-5-2-1-3-6-11/h1-8,10H,9H2,(H,18,21). The Hall–Kier alpha value is -2.02. The van der Waals surface area contributed by atoms with Gasteiger partial charge in [-0.25, -0.2) is 0 Å². The lowest BCUT2D eigenvalue weighted by atomic mass is 10.2. The number of nitrogens with zero attached hydrogens (tertiary/aromatic N) is 1. The van der Waals surface area contributed by atoms with Crippen molar-refractivity contribution in [3.8, 4) is 10.4 Å². The monoisotopic (exact) mass is 356 g/mol. The van der Waals surface area contributed by atoms with E-state index in [9.17, 15) is 4.79 Å². The summed E-state index contributed by atoms with van der Waals surface area (Å²) in [5.74, 6) is 0. The van der Waals surface area contributed by atoms with Crippen LogP contribution in [0.5, 0.6) is 0 Å². The predicted molar refractivity (Wildman–Crippen MR) is 100 cm³/mol. The predicted octanol–water partition coefficient (Wildman–Crippen LogP) is 4.90. The molecule has 114 valence electrons. The Bertz CT molecular complexity index is 1070. The molecule has 0 atom stereocenters. The fraction of sp³-hybridized carbons (Fsp3) is 0.0588. The first-order chi connectivity index (χ1) is 11.2. The summed E-state index contributed by atoms with van der Waals surface area (Å²) in [7, 11) is 0. The van der Waals surface area contributed by atoms with Crippen molar-refractivity contribution >= 4 is 45.1 Å². The van der Waals surface area contributed by atoms with Crippen molar-refractivity contribution in [2.75, 3.05) is 0 Å². The van der Waals surface area contributed by atoms with Crippen molar-refractivity contribution in [2.45, 2.75) is 6.54 Å². The second-order valence-electron chi connectivity index (χ2n) is 5.14. The number of hydrogen-bond acceptors (Lipinski definition) is 4. The molecule has 3 nitrogen and oxygen atoms in total. The molecule has 0 aliphatic carbocycles. The van der Waals surface area contributed by atoms with Gasteiger partial charge in [-0.3, -0.25) is 9.36 Å². The van der Waals surface area contributed by atoms with Gasteiger partial charge in [0.25, 0.3) is 5.56 Å². The third-order valence-corrected chi connectivity index (χ3v) is 5.81. The van der Waals surface area contributed by atoms with Crippen molar-refractivity contribution in [1.29, 1.82) is 0 Å². The maximum atomic E-state index is 13.0. The van der Waals surface area contributed by atoms with E-state index in [0.29, 0.717) is 11.3 Å². The Morgan fingerprint density at radius 2 is 1.91 bits per heavy atom. The van der Waals surface area contributed by atoms with Crippen molar-refractivity contribution in [2.24, 2.45) is 0 Å². The largest absolute Gasteiger partial charge is 0.323 e. The first-order valence-corrected chi connectivity index (χ1v) is 9.23. The third kappa shape index (κ3) is 2.59. The van der Waals surface area contributed by atoms with E-state index < -0.39 is 0 Å². The van der Waals surface area contributed by atoms with Gasteiger partial charge in [0.05, 0.1) is 11.9 Å². The van der Waals surface area contributed by atoms with Crippen LogP contribution >= 0.6 is 34.9 Å². The van der Waals surface area contributed by atoms with Gasteiger partial charge in [-0.1, -0.05) is 36.4 Å². The molecule has 0 aliphatic rings. The summed E-state index contributed by atoms with van der Waals surface area (Å²) in [5.41, 5.74) is 2.01. The Balaban J connectivity index is 1.94. The quantitative estimate of drug-likeness (QED) is 0.530. The smallest absolute Gasteiger partial charge is 0.264 e. The van der Waals surface area contributed by atoms with Crippen LogP contribution in [0.1, 0.15) is 5.56 Å². The zero-order chi connectivity index (χ0) is 15.8. The van der Waals surface area contributed by atoms with Crippen LogP contribution in [-0.2, 0) is 6.54 Å². The highest BCUT2D eigenvalue weighted by atomic mass is 32.1. The van der Waals surface area contributed by atoms with Gasteiger partial charge in [0.1, 0.15) is 4.83 Å². The molecule has 0 bridgehead atoms. The first-order valence-electron chi connectivity index (χ1n) is 7.06. The molecule has 0 spiro atoms. The zero-order valence-corrected chi connectivity index (χ0v) is 14.4. The molecule has 0 amide bonds. The van der Waals surface area contributed by atoms with E-state index in [-0.39, 0.29) is 5.56 Å². The van der Waals surface area contributed by atoms with Gasteiger partial charge in [0.2, 0.25) is 0 Å². The number of rotatable bonds is 3. The molecule has 3 aromatic heterocycles. The molecule has 0 fully saturated rings. The number of H-pyrrole nitrogens is 1. The number of aromatic amines is 1. The molecular weight excluding hydrogens is 344 g/mol. The Kier molecular flexibility index (Phi) is 3.72. The Morgan fingerprint density at radius 1 is 1.09 bits per heavy atom. The molecule has 1 aromatic carbocycles. The highest BCUT2D eigenvalue weighted by Crippen LogP contribution is 2.33. The van der Waals surface area contributed by atoms with Crippen molar-refractivity contribution in [1.82, 2.24) is 9.55 Å². The Morgan fingerprint density at radius 3 is 2.65 bits per heavy atom. The summed E-state index contributed by atoms with van der Waals surface area (Å²) in [6, 6.07) is 13.9. The second-order valence-corrected chi connectivity index (χ2v) is 7.35. The molecule has 4 rings (SSSR count). The molecule has 0 unspecified atom stereocenters. The maximum Gasteiger partial charge on any atom is 0.264 e. The van der Waals surface area contributed by atoms with E-state index in [0.717, 1.165) is 26.2 Å². The van der Waals surface area contributed by atoms with E-state index in [1.54, 1.807) is 15.9 Å². The molecule has 0 aliphatic heterocycles. The van der Waals surface area contributed by atoms with Gasteiger partial charge in [0.15, 0.2) is 4.77 Å². The summed E-state index contributed by atoms with van der Waals surface area (Å²) < 4.78 is 2.10. The van der Waals surface area contributed by atoms with E-state index in [2.05, 4.69) is 4.98 Å². The van der Waals surface area contributed by atoms with Crippen LogP contribution in [-0.4, -0.2) is 9.55 Å². The summed E-state index contributed by atoms with van der Waals surface area (Å²) in [4.78, 5) is 18.2. The lowest BCUT2D eigenvalue weighted by molar-refractivity contribution is 0.735. The number of fused-ring (bicyclic) bond motifs is 1. The number of hydrogen-bond donors (Lipinski definition) is 1. The van der Waals surface area contributed by atoms with E-state index >= 15 is 0 Å². The van der Waals surface area contributed by atoms with Crippen LogP contribution in [0.4, 0.5) is 0 Å². The average molecular weight is 356 g/mol. The molecule has 0 saturated heterocycles.